The molecule has 1 rings (SSSR count). The number of hydrogen-bond donors (Lipinski definition) is 1. The van der Waals surface area contributed by atoms with E-state index in [-0.39, 0.29) is 23.9 Å². The summed E-state index contributed by atoms with van der Waals surface area (Å²) >= 11 is 6.01. The number of halogens is 1. The van der Waals surface area contributed by atoms with Crippen molar-refractivity contribution in [2.24, 2.45) is 0 Å². The zero-order valence-corrected chi connectivity index (χ0v) is 15.6. The lowest BCUT2D eigenvalue weighted by molar-refractivity contribution is 0.415. The van der Waals surface area contributed by atoms with Crippen LogP contribution >= 0.6 is 11.6 Å². The molecule has 0 aromatic heterocycles. The molecule has 0 radical (unpaired) electrons. The maximum atomic E-state index is 12.0. The Hall–Kier alpha value is -1.03. The lowest BCUT2D eigenvalue weighted by Gasteiger charge is -2.23. The van der Waals surface area contributed by atoms with Crippen LogP contribution in [0.25, 0.3) is 0 Å². The number of ether oxygens (including phenoxy) is 1. The Labute approximate surface area is 142 Å². The fourth-order valence-corrected chi connectivity index (χ4v) is 4.20. The quantitative estimate of drug-likeness (QED) is 0.695. The fraction of sp³-hybridized carbons (Fsp3) is 0.538. The van der Waals surface area contributed by atoms with E-state index in [9.17, 15) is 16.8 Å². The Morgan fingerprint density at radius 1 is 1.26 bits per heavy atom. The average molecular weight is 385 g/mol. The van der Waals surface area contributed by atoms with E-state index in [2.05, 4.69) is 4.72 Å². The zero-order chi connectivity index (χ0) is 17.7. The number of benzene rings is 1. The van der Waals surface area contributed by atoms with Gasteiger partial charge in [-0.15, -0.1) is 0 Å². The van der Waals surface area contributed by atoms with Crippen LogP contribution in [0.2, 0.25) is 5.02 Å². The molecule has 0 spiro atoms. The number of nitrogens with zero attached hydrogens (tertiary/aromatic N) is 1. The Morgan fingerprint density at radius 2 is 1.91 bits per heavy atom. The summed E-state index contributed by atoms with van der Waals surface area (Å²) in [5.41, 5.74) is 0.341. The predicted octanol–water partition coefficient (Wildman–Crippen LogP) is 1.44. The Balaban J connectivity index is 2.93. The highest BCUT2D eigenvalue weighted by atomic mass is 35.5. The van der Waals surface area contributed by atoms with Crippen molar-refractivity contribution in [3.63, 3.8) is 0 Å². The number of anilines is 1. The van der Waals surface area contributed by atoms with E-state index in [0.29, 0.717) is 17.9 Å². The summed E-state index contributed by atoms with van der Waals surface area (Å²) in [6.07, 6.45) is 1.53. The van der Waals surface area contributed by atoms with Crippen LogP contribution in [-0.2, 0) is 20.0 Å². The highest BCUT2D eigenvalue weighted by molar-refractivity contribution is 7.92. The first-order valence-electron chi connectivity index (χ1n) is 6.89. The first-order chi connectivity index (χ1) is 10.6. The molecular formula is C13H21ClN2O5S2. The molecule has 7 nitrogen and oxygen atoms in total. The maximum Gasteiger partial charge on any atom is 0.232 e. The molecule has 0 aliphatic rings. The van der Waals surface area contributed by atoms with Gasteiger partial charge in [-0.3, -0.25) is 4.31 Å². The van der Waals surface area contributed by atoms with E-state index < -0.39 is 20.0 Å². The van der Waals surface area contributed by atoms with Crippen molar-refractivity contribution in [3.8, 4) is 5.75 Å². The minimum absolute atomic E-state index is 0.000237. The molecular weight excluding hydrogens is 364 g/mol. The van der Waals surface area contributed by atoms with Crippen LogP contribution in [0.4, 0.5) is 5.69 Å². The third-order valence-corrected chi connectivity index (χ3v) is 6.01. The molecule has 0 bridgehead atoms. The van der Waals surface area contributed by atoms with Gasteiger partial charge in [-0.25, -0.2) is 21.6 Å². The van der Waals surface area contributed by atoms with Gasteiger partial charge >= 0.3 is 0 Å². The van der Waals surface area contributed by atoms with Crippen molar-refractivity contribution in [1.82, 2.24) is 4.72 Å². The molecule has 0 fully saturated rings. The summed E-state index contributed by atoms with van der Waals surface area (Å²) in [7, 11) is -5.52. The first-order valence-corrected chi connectivity index (χ1v) is 10.8. The van der Waals surface area contributed by atoms with Gasteiger partial charge in [0, 0.05) is 13.1 Å². The van der Waals surface area contributed by atoms with E-state index >= 15 is 0 Å². The zero-order valence-electron chi connectivity index (χ0n) is 13.2. The summed E-state index contributed by atoms with van der Waals surface area (Å²) in [4.78, 5) is 0. The molecule has 0 saturated heterocycles. The van der Waals surface area contributed by atoms with Crippen LogP contribution in [-0.4, -0.2) is 49.0 Å². The lowest BCUT2D eigenvalue weighted by atomic mass is 10.3. The van der Waals surface area contributed by atoms with Crippen molar-refractivity contribution >= 4 is 37.3 Å². The number of nitrogens with one attached hydrogen (secondary N) is 1. The number of sulfonamides is 2. The van der Waals surface area contributed by atoms with Crippen LogP contribution in [0.5, 0.6) is 5.75 Å². The summed E-state index contributed by atoms with van der Waals surface area (Å²) in [6.45, 7) is 1.69. The van der Waals surface area contributed by atoms with Gasteiger partial charge in [-0.1, -0.05) is 18.5 Å². The minimum atomic E-state index is -3.59. The van der Waals surface area contributed by atoms with Gasteiger partial charge in [0.2, 0.25) is 20.0 Å². The van der Waals surface area contributed by atoms with Crippen molar-refractivity contribution in [2.45, 2.75) is 13.3 Å². The molecule has 0 amide bonds. The first kappa shape index (κ1) is 20.0. The third kappa shape index (κ3) is 6.17. The monoisotopic (exact) mass is 384 g/mol. The van der Waals surface area contributed by atoms with Crippen LogP contribution in [0.1, 0.15) is 13.3 Å². The van der Waals surface area contributed by atoms with Crippen molar-refractivity contribution in [3.05, 3.63) is 23.2 Å². The highest BCUT2D eigenvalue weighted by Crippen LogP contribution is 2.29. The van der Waals surface area contributed by atoms with Crippen LogP contribution in [0.3, 0.4) is 0 Å². The molecule has 0 aliphatic heterocycles. The largest absolute Gasteiger partial charge is 0.495 e. The van der Waals surface area contributed by atoms with Gasteiger partial charge in [-0.2, -0.15) is 0 Å². The second-order valence-corrected chi connectivity index (χ2v) is 9.11. The Bertz CT molecular complexity index is 735. The summed E-state index contributed by atoms with van der Waals surface area (Å²) in [6, 6.07) is 4.56. The topological polar surface area (TPSA) is 92.8 Å². The van der Waals surface area contributed by atoms with Crippen molar-refractivity contribution in [2.75, 3.05) is 36.5 Å². The molecule has 23 heavy (non-hydrogen) atoms. The van der Waals surface area contributed by atoms with E-state index in [1.807, 2.05) is 0 Å². The van der Waals surface area contributed by atoms with Gasteiger partial charge < -0.3 is 4.74 Å². The Kier molecular flexibility index (Phi) is 7.12. The summed E-state index contributed by atoms with van der Waals surface area (Å²) in [5.74, 6) is 0.424. The second-order valence-electron chi connectivity index (χ2n) is 4.87. The van der Waals surface area contributed by atoms with Crippen molar-refractivity contribution < 1.29 is 21.6 Å². The van der Waals surface area contributed by atoms with Crippen LogP contribution < -0.4 is 13.8 Å². The molecule has 1 aromatic rings. The van der Waals surface area contributed by atoms with Gasteiger partial charge in [0.1, 0.15) is 5.75 Å². The molecule has 0 heterocycles. The number of hydrogen-bond acceptors (Lipinski definition) is 5. The van der Waals surface area contributed by atoms with Crippen LogP contribution in [0.15, 0.2) is 18.2 Å². The SMILES string of the molecule is CCCS(=O)(=O)NCCN(c1ccc(OC)c(Cl)c1)S(C)(=O)=O. The maximum absolute atomic E-state index is 12.0. The second kappa shape index (κ2) is 8.18. The third-order valence-electron chi connectivity index (χ3n) is 2.93. The normalized spacial score (nSPS) is 12.2. The highest BCUT2D eigenvalue weighted by Gasteiger charge is 2.19. The molecule has 0 saturated carbocycles. The molecule has 0 atom stereocenters. The van der Waals surface area contributed by atoms with E-state index in [1.54, 1.807) is 19.1 Å². The van der Waals surface area contributed by atoms with E-state index in [0.717, 1.165) is 10.6 Å². The molecule has 0 aliphatic carbocycles. The molecule has 10 heteroatoms. The van der Waals surface area contributed by atoms with Crippen LogP contribution in [0, 0.1) is 0 Å². The van der Waals surface area contributed by atoms with Crippen molar-refractivity contribution in [1.29, 1.82) is 0 Å². The average Bonchev–Trinajstić information content (AvgIpc) is 2.42. The minimum Gasteiger partial charge on any atom is -0.495 e. The summed E-state index contributed by atoms with van der Waals surface area (Å²) < 4.78 is 55.6. The molecule has 1 aromatic carbocycles. The smallest absolute Gasteiger partial charge is 0.232 e. The van der Waals surface area contributed by atoms with Gasteiger partial charge in [0.15, 0.2) is 0 Å². The summed E-state index contributed by atoms with van der Waals surface area (Å²) in [5, 5.41) is 0.269. The van der Waals surface area contributed by atoms with Gasteiger partial charge in [0.25, 0.3) is 0 Å². The Morgan fingerprint density at radius 3 is 2.39 bits per heavy atom. The lowest BCUT2D eigenvalue weighted by Crippen LogP contribution is -2.38. The van der Waals surface area contributed by atoms with Gasteiger partial charge in [0.05, 0.1) is 29.8 Å². The fourth-order valence-electron chi connectivity index (χ4n) is 1.94. The number of methoxy groups -OCH3 is 1. The van der Waals surface area contributed by atoms with E-state index in [4.69, 9.17) is 16.3 Å². The standard InChI is InChI=1S/C13H21ClN2O5S2/c1-4-9-23(19,20)15-7-8-16(22(3,17)18)11-5-6-13(21-2)12(14)10-11/h5-6,10,15H,4,7-9H2,1-3H3. The van der Waals surface area contributed by atoms with Gasteiger partial charge in [-0.05, 0) is 24.6 Å². The predicted molar refractivity (Wildman–Crippen MR) is 92.3 cm³/mol. The molecule has 1 N–H and O–H groups in total. The van der Waals surface area contributed by atoms with E-state index in [1.165, 1.54) is 13.2 Å². The molecule has 0 unspecified atom stereocenters. The molecule has 132 valence electrons. The number of rotatable bonds is 9.